The molecule has 3 aromatic rings. The van der Waals surface area contributed by atoms with Gasteiger partial charge in [0.05, 0.1) is 17.7 Å². The molecule has 6 rings (SSSR count). The van der Waals surface area contributed by atoms with E-state index in [0.29, 0.717) is 29.3 Å². The van der Waals surface area contributed by atoms with E-state index in [1.54, 1.807) is 6.07 Å². The van der Waals surface area contributed by atoms with Gasteiger partial charge in [0.1, 0.15) is 23.2 Å². The van der Waals surface area contributed by atoms with Gasteiger partial charge in [-0.05, 0) is 56.9 Å². The maximum absolute atomic E-state index is 11.9. The van der Waals surface area contributed by atoms with Crippen LogP contribution in [0.25, 0.3) is 0 Å². The van der Waals surface area contributed by atoms with Crippen LogP contribution in [0.4, 0.5) is 5.82 Å². The predicted octanol–water partition coefficient (Wildman–Crippen LogP) is 5.52. The number of amides is 1. The molecule has 198 valence electrons. The number of aryl methyl sites for hydroxylation is 2. The molecule has 2 aliphatic heterocycles. The summed E-state index contributed by atoms with van der Waals surface area (Å²) in [4.78, 5) is 20.9. The van der Waals surface area contributed by atoms with Crippen LogP contribution in [0.1, 0.15) is 34.3 Å². The number of allylic oxidation sites excluding steroid dienone is 2. The number of ether oxygens (including phenoxy) is 1. The Bertz CT molecular complexity index is 1440. The fourth-order valence-corrected chi connectivity index (χ4v) is 4.79. The smallest absolute Gasteiger partial charge is 0.254 e. The topological polar surface area (TPSA) is 95.5 Å². The van der Waals surface area contributed by atoms with Crippen LogP contribution in [0.15, 0.2) is 90.7 Å². The number of pyridine rings is 1. The average molecular weight is 520 g/mol. The number of likely N-dealkylation sites (tertiary alicyclic amines) is 1. The normalized spacial score (nSPS) is 19.4. The maximum atomic E-state index is 11.9. The number of benzene rings is 2. The first-order valence-electron chi connectivity index (χ1n) is 13.3. The first-order valence-corrected chi connectivity index (χ1v) is 13.3. The number of aromatic nitrogens is 1. The summed E-state index contributed by atoms with van der Waals surface area (Å²) < 4.78 is 5.91. The van der Waals surface area contributed by atoms with Crippen molar-refractivity contribution in [2.24, 2.45) is 11.7 Å². The number of nitrogens with two attached hydrogens (primary N) is 1. The van der Waals surface area contributed by atoms with Crippen LogP contribution in [0.2, 0.25) is 0 Å². The SMILES string of the molecule is C=C(/C(C#N)=C/C1CC1)N1C[C@@H]2C1CN2c1ccc(C(N)=O)c(Oc2ccc(C)cc2)n1.Cc1ccccc1. The molecule has 1 aromatic heterocycles. The van der Waals surface area contributed by atoms with Crippen LogP contribution in [0.3, 0.4) is 0 Å². The molecule has 3 fully saturated rings. The summed E-state index contributed by atoms with van der Waals surface area (Å²) in [5.41, 5.74) is 9.74. The highest BCUT2D eigenvalue weighted by atomic mass is 16.5. The fraction of sp³-hybridized carbons (Fsp3) is 0.281. The van der Waals surface area contributed by atoms with Gasteiger partial charge in [-0.15, -0.1) is 0 Å². The molecule has 7 nitrogen and oxygen atoms in total. The van der Waals surface area contributed by atoms with Crippen molar-refractivity contribution in [2.75, 3.05) is 18.0 Å². The van der Waals surface area contributed by atoms with E-state index in [-0.39, 0.29) is 11.4 Å². The van der Waals surface area contributed by atoms with Crippen LogP contribution >= 0.6 is 0 Å². The minimum atomic E-state index is -0.578. The van der Waals surface area contributed by atoms with Crippen LogP contribution in [0, 0.1) is 31.1 Å². The van der Waals surface area contributed by atoms with E-state index in [9.17, 15) is 10.1 Å². The van der Waals surface area contributed by atoms with Gasteiger partial charge in [-0.3, -0.25) is 4.79 Å². The van der Waals surface area contributed by atoms with E-state index in [1.807, 2.05) is 55.5 Å². The van der Waals surface area contributed by atoms with Crippen molar-refractivity contribution in [3.8, 4) is 17.7 Å². The molecule has 3 aliphatic rings. The second-order valence-corrected chi connectivity index (χ2v) is 10.4. The highest BCUT2D eigenvalue weighted by molar-refractivity contribution is 5.95. The number of carbonyl (C=O) groups excluding carboxylic acids is 1. The highest BCUT2D eigenvalue weighted by Gasteiger charge is 2.53. The quantitative estimate of drug-likeness (QED) is 0.326. The zero-order valence-corrected chi connectivity index (χ0v) is 22.4. The molecule has 2 aromatic carbocycles. The summed E-state index contributed by atoms with van der Waals surface area (Å²) in [7, 11) is 0. The van der Waals surface area contributed by atoms with Crippen molar-refractivity contribution in [3.05, 3.63) is 107 Å². The van der Waals surface area contributed by atoms with Crippen LogP contribution in [-0.2, 0) is 0 Å². The Morgan fingerprint density at radius 2 is 1.72 bits per heavy atom. The van der Waals surface area contributed by atoms with Crippen LogP contribution < -0.4 is 15.4 Å². The first-order chi connectivity index (χ1) is 18.8. The highest BCUT2D eigenvalue weighted by Crippen LogP contribution is 2.41. The number of nitrogens with zero attached hydrogens (tertiary/aromatic N) is 4. The van der Waals surface area contributed by atoms with Gasteiger partial charge in [0.25, 0.3) is 5.91 Å². The van der Waals surface area contributed by atoms with E-state index in [0.717, 1.165) is 43.0 Å². The molecule has 0 spiro atoms. The van der Waals surface area contributed by atoms with Crippen LogP contribution in [0.5, 0.6) is 11.6 Å². The number of hydrogen-bond acceptors (Lipinski definition) is 6. The molecule has 1 unspecified atom stereocenters. The third-order valence-electron chi connectivity index (χ3n) is 7.40. The van der Waals surface area contributed by atoms with E-state index in [1.165, 1.54) is 5.56 Å². The van der Waals surface area contributed by atoms with Gasteiger partial charge >= 0.3 is 0 Å². The van der Waals surface area contributed by atoms with Crippen molar-refractivity contribution < 1.29 is 9.53 Å². The number of primary amides is 1. The lowest BCUT2D eigenvalue weighted by Crippen LogP contribution is -2.78. The van der Waals surface area contributed by atoms with Crippen molar-refractivity contribution in [1.82, 2.24) is 9.88 Å². The average Bonchev–Trinajstić information content (AvgIpc) is 3.74. The van der Waals surface area contributed by atoms with E-state index in [4.69, 9.17) is 10.5 Å². The second kappa shape index (κ2) is 11.0. The molecule has 2 N–H and O–H groups in total. The van der Waals surface area contributed by atoms with Gasteiger partial charge < -0.3 is 20.3 Å². The van der Waals surface area contributed by atoms with Crippen molar-refractivity contribution in [1.29, 1.82) is 5.26 Å². The molecule has 7 heteroatoms. The minimum absolute atomic E-state index is 0.210. The second-order valence-electron chi connectivity index (χ2n) is 10.4. The Morgan fingerprint density at radius 1 is 1.03 bits per heavy atom. The van der Waals surface area contributed by atoms with Crippen molar-refractivity contribution in [2.45, 2.75) is 38.8 Å². The van der Waals surface area contributed by atoms with Gasteiger partial charge in [0.2, 0.25) is 5.88 Å². The van der Waals surface area contributed by atoms with Crippen molar-refractivity contribution >= 4 is 11.7 Å². The standard InChI is InChI=1S/C25H25N5O2.C7H8/c1-15-3-7-19(8-4-15)32-25-20(24(27)31)9-10-23(28-25)30-14-21-22(30)13-29(21)16(2)18(12-26)11-17-5-6-17;1-7-5-3-2-4-6-7/h3-4,7-11,17,21-22H,2,5-6,13-14H2,1H3,(H2,27,31);2-6H,1H3/b18-11+;/t21?,22-;/m1./s1. The zero-order chi connectivity index (χ0) is 27.5. The fourth-order valence-electron chi connectivity index (χ4n) is 4.79. The lowest BCUT2D eigenvalue weighted by molar-refractivity contribution is 0.0471. The Hall–Kier alpha value is -4.57. The summed E-state index contributed by atoms with van der Waals surface area (Å²) >= 11 is 0. The Kier molecular flexibility index (Phi) is 7.38. The molecule has 1 aliphatic carbocycles. The third kappa shape index (κ3) is 5.80. The molecular formula is C32H33N5O2. The molecule has 1 saturated carbocycles. The summed E-state index contributed by atoms with van der Waals surface area (Å²) in [5, 5.41) is 9.50. The first kappa shape index (κ1) is 26.1. The van der Waals surface area contributed by atoms with Crippen molar-refractivity contribution in [3.63, 3.8) is 0 Å². The van der Waals surface area contributed by atoms with Gasteiger partial charge in [-0.25, -0.2) is 0 Å². The van der Waals surface area contributed by atoms with E-state index < -0.39 is 5.91 Å². The summed E-state index contributed by atoms with van der Waals surface area (Å²) in [6.45, 7) is 9.82. The van der Waals surface area contributed by atoms with E-state index >= 15 is 0 Å². The Balaban J connectivity index is 0.000000384. The van der Waals surface area contributed by atoms with Gasteiger partial charge in [0, 0.05) is 18.8 Å². The number of nitriles is 1. The third-order valence-corrected chi connectivity index (χ3v) is 7.40. The number of carbonyl (C=O) groups is 1. The van der Waals surface area contributed by atoms with E-state index in [2.05, 4.69) is 52.6 Å². The molecule has 0 bridgehead atoms. The van der Waals surface area contributed by atoms with Gasteiger partial charge in [-0.2, -0.15) is 10.2 Å². The minimum Gasteiger partial charge on any atom is -0.438 e. The molecule has 2 atom stereocenters. The summed E-state index contributed by atoms with van der Waals surface area (Å²) in [6.07, 6.45) is 4.39. The lowest BCUT2D eigenvalue weighted by Gasteiger charge is -2.63. The summed E-state index contributed by atoms with van der Waals surface area (Å²) in [5.74, 6) is 1.52. The number of anilines is 1. The number of piperazine rings is 1. The number of rotatable bonds is 7. The number of fused-ring (bicyclic) bond motifs is 1. The molecule has 1 amide bonds. The molecule has 0 radical (unpaired) electrons. The zero-order valence-electron chi connectivity index (χ0n) is 22.4. The molecular weight excluding hydrogens is 486 g/mol. The Labute approximate surface area is 229 Å². The number of hydrogen-bond donors (Lipinski definition) is 1. The predicted molar refractivity (Wildman–Crippen MR) is 152 cm³/mol. The Morgan fingerprint density at radius 3 is 2.26 bits per heavy atom. The molecule has 2 saturated heterocycles. The molecule has 39 heavy (non-hydrogen) atoms. The van der Waals surface area contributed by atoms with Gasteiger partial charge in [0.15, 0.2) is 0 Å². The monoisotopic (exact) mass is 519 g/mol. The lowest BCUT2D eigenvalue weighted by atomic mass is 9.84. The largest absolute Gasteiger partial charge is 0.438 e. The summed E-state index contributed by atoms with van der Waals surface area (Å²) in [6, 6.07) is 24.2. The maximum Gasteiger partial charge on any atom is 0.254 e. The van der Waals surface area contributed by atoms with Crippen LogP contribution in [-0.4, -0.2) is 41.0 Å². The van der Waals surface area contributed by atoms with Gasteiger partial charge in [-0.1, -0.05) is 66.2 Å². The molecule has 3 heterocycles.